The van der Waals surface area contributed by atoms with Crippen molar-refractivity contribution in [2.45, 2.75) is 49.5 Å². The van der Waals surface area contributed by atoms with Gasteiger partial charge in [-0.3, -0.25) is 0 Å². The van der Waals surface area contributed by atoms with E-state index in [1.165, 1.54) is 31.2 Å². The van der Waals surface area contributed by atoms with Crippen molar-refractivity contribution in [1.82, 2.24) is 9.71 Å². The molecule has 0 unspecified atom stereocenters. The minimum absolute atomic E-state index is 0.0492. The van der Waals surface area contributed by atoms with Crippen molar-refractivity contribution in [3.05, 3.63) is 23.5 Å². The second kappa shape index (κ2) is 5.99. The highest BCUT2D eigenvalue weighted by molar-refractivity contribution is 7.89. The van der Waals surface area contributed by atoms with Gasteiger partial charge in [-0.25, -0.2) is 18.1 Å². The zero-order valence-corrected chi connectivity index (χ0v) is 11.7. The highest BCUT2D eigenvalue weighted by atomic mass is 35.5. The van der Waals surface area contributed by atoms with Crippen LogP contribution in [-0.4, -0.2) is 19.4 Å². The molecule has 1 fully saturated rings. The maximum atomic E-state index is 12.1. The van der Waals surface area contributed by atoms with Crippen LogP contribution in [0, 0.1) is 0 Å². The maximum Gasteiger partial charge on any atom is 0.242 e. The second-order valence-corrected chi connectivity index (χ2v) is 6.73. The molecule has 1 aromatic heterocycles. The zero-order chi connectivity index (χ0) is 13.0. The number of nitrogens with one attached hydrogen (secondary N) is 1. The summed E-state index contributed by atoms with van der Waals surface area (Å²) >= 11 is 5.65. The number of pyridine rings is 1. The summed E-state index contributed by atoms with van der Waals surface area (Å²) in [5.41, 5.74) is 0. The van der Waals surface area contributed by atoms with E-state index < -0.39 is 10.0 Å². The first-order valence-corrected chi connectivity index (χ1v) is 8.08. The molecule has 0 saturated heterocycles. The Balaban J connectivity index is 2.08. The number of nitrogens with zero attached hydrogens (tertiary/aromatic N) is 1. The lowest BCUT2D eigenvalue weighted by atomic mass is 10.1. The van der Waals surface area contributed by atoms with Crippen LogP contribution in [0.4, 0.5) is 0 Å². The molecule has 1 aliphatic carbocycles. The van der Waals surface area contributed by atoms with Crippen LogP contribution in [0.1, 0.15) is 38.5 Å². The lowest BCUT2D eigenvalue weighted by molar-refractivity contribution is 0.509. The van der Waals surface area contributed by atoms with Crippen LogP contribution in [0.25, 0.3) is 0 Å². The summed E-state index contributed by atoms with van der Waals surface area (Å²) in [7, 11) is -3.46. The molecule has 2 rings (SSSR count). The van der Waals surface area contributed by atoms with Crippen molar-refractivity contribution in [3.63, 3.8) is 0 Å². The Morgan fingerprint density at radius 1 is 1.17 bits per heavy atom. The summed E-state index contributed by atoms with van der Waals surface area (Å²) in [6.45, 7) is 0. The van der Waals surface area contributed by atoms with Gasteiger partial charge in [-0.1, -0.05) is 37.3 Å². The molecule has 1 saturated carbocycles. The van der Waals surface area contributed by atoms with Crippen molar-refractivity contribution in [2.75, 3.05) is 0 Å². The predicted molar refractivity (Wildman–Crippen MR) is 71.1 cm³/mol. The van der Waals surface area contributed by atoms with Crippen LogP contribution in [0.5, 0.6) is 0 Å². The molecule has 4 nitrogen and oxygen atoms in total. The molecule has 0 aliphatic heterocycles. The monoisotopic (exact) mass is 288 g/mol. The summed E-state index contributed by atoms with van der Waals surface area (Å²) in [5, 5.41) is 0.295. The van der Waals surface area contributed by atoms with E-state index >= 15 is 0 Å². The average molecular weight is 289 g/mol. The van der Waals surface area contributed by atoms with Crippen molar-refractivity contribution < 1.29 is 8.42 Å². The number of halogens is 1. The molecule has 0 atom stereocenters. The summed E-state index contributed by atoms with van der Waals surface area (Å²) in [6.07, 6.45) is 7.70. The van der Waals surface area contributed by atoms with Crippen LogP contribution in [-0.2, 0) is 10.0 Å². The van der Waals surface area contributed by atoms with E-state index in [-0.39, 0.29) is 10.9 Å². The van der Waals surface area contributed by atoms with E-state index in [0.29, 0.717) is 5.15 Å². The maximum absolute atomic E-state index is 12.1. The minimum atomic E-state index is -3.46. The fourth-order valence-electron chi connectivity index (χ4n) is 2.21. The van der Waals surface area contributed by atoms with Gasteiger partial charge < -0.3 is 0 Å². The van der Waals surface area contributed by atoms with Crippen molar-refractivity contribution in [3.8, 4) is 0 Å². The summed E-state index contributed by atoms with van der Waals surface area (Å²) in [5.74, 6) is 0. The van der Waals surface area contributed by atoms with Gasteiger partial charge >= 0.3 is 0 Å². The molecule has 0 bridgehead atoms. The Bertz CT molecular complexity index is 479. The predicted octanol–water partition coefficient (Wildman–Crippen LogP) is 2.74. The third-order valence-corrected chi connectivity index (χ3v) is 4.92. The van der Waals surface area contributed by atoms with Crippen LogP contribution < -0.4 is 4.72 Å². The van der Waals surface area contributed by atoms with E-state index in [4.69, 9.17) is 11.6 Å². The Kier molecular flexibility index (Phi) is 4.59. The standard InChI is InChI=1S/C12H17ClN2O2S/c13-12-8-7-11(9-14-12)18(16,17)15-10-5-3-1-2-4-6-10/h7-10,15H,1-6H2. The number of hydrogen-bond donors (Lipinski definition) is 1. The molecule has 1 aromatic rings. The number of sulfonamides is 1. The molecular weight excluding hydrogens is 272 g/mol. The normalized spacial score (nSPS) is 18.5. The van der Waals surface area contributed by atoms with E-state index in [1.54, 1.807) is 0 Å². The molecule has 0 radical (unpaired) electrons. The third-order valence-electron chi connectivity index (χ3n) is 3.19. The summed E-state index contributed by atoms with van der Waals surface area (Å²) < 4.78 is 27.0. The quantitative estimate of drug-likeness (QED) is 0.687. The molecule has 1 heterocycles. The lowest BCUT2D eigenvalue weighted by Gasteiger charge is -2.16. The van der Waals surface area contributed by atoms with E-state index in [0.717, 1.165) is 25.7 Å². The zero-order valence-electron chi connectivity index (χ0n) is 10.1. The Hall–Kier alpha value is -0.650. The number of hydrogen-bond acceptors (Lipinski definition) is 3. The Labute approximate surface area is 113 Å². The number of rotatable bonds is 3. The molecule has 1 N–H and O–H groups in total. The fourth-order valence-corrected chi connectivity index (χ4v) is 3.57. The van der Waals surface area contributed by atoms with Crippen molar-refractivity contribution >= 4 is 21.6 Å². The van der Waals surface area contributed by atoms with Crippen LogP contribution >= 0.6 is 11.6 Å². The lowest BCUT2D eigenvalue weighted by Crippen LogP contribution is -2.34. The van der Waals surface area contributed by atoms with Crippen LogP contribution in [0.2, 0.25) is 5.15 Å². The molecule has 18 heavy (non-hydrogen) atoms. The van der Waals surface area contributed by atoms with Gasteiger partial charge in [0.1, 0.15) is 10.0 Å². The van der Waals surface area contributed by atoms with Gasteiger partial charge in [0, 0.05) is 12.2 Å². The van der Waals surface area contributed by atoms with Gasteiger partial charge in [0.25, 0.3) is 0 Å². The average Bonchev–Trinajstić information content (AvgIpc) is 2.57. The Morgan fingerprint density at radius 3 is 2.39 bits per heavy atom. The first-order valence-electron chi connectivity index (χ1n) is 6.22. The molecule has 6 heteroatoms. The van der Waals surface area contributed by atoms with Gasteiger partial charge in [-0.05, 0) is 25.0 Å². The first kappa shape index (κ1) is 13.8. The van der Waals surface area contributed by atoms with Gasteiger partial charge in [0.15, 0.2) is 0 Å². The Morgan fingerprint density at radius 2 is 1.83 bits per heavy atom. The minimum Gasteiger partial charge on any atom is -0.243 e. The fraction of sp³-hybridized carbons (Fsp3) is 0.583. The molecule has 0 spiro atoms. The van der Waals surface area contributed by atoms with Gasteiger partial charge in [-0.2, -0.15) is 0 Å². The smallest absolute Gasteiger partial charge is 0.242 e. The van der Waals surface area contributed by atoms with Crippen LogP contribution in [0.15, 0.2) is 23.2 Å². The van der Waals surface area contributed by atoms with Gasteiger partial charge in [0.2, 0.25) is 10.0 Å². The summed E-state index contributed by atoms with van der Waals surface area (Å²) in [4.78, 5) is 3.98. The van der Waals surface area contributed by atoms with Gasteiger partial charge in [0.05, 0.1) is 0 Å². The third kappa shape index (κ3) is 3.67. The topological polar surface area (TPSA) is 59.1 Å². The molecule has 100 valence electrons. The van der Waals surface area contributed by atoms with E-state index in [2.05, 4.69) is 9.71 Å². The van der Waals surface area contributed by atoms with E-state index in [1.807, 2.05) is 0 Å². The number of aromatic nitrogens is 1. The van der Waals surface area contributed by atoms with Crippen molar-refractivity contribution in [2.24, 2.45) is 0 Å². The molecule has 0 aromatic carbocycles. The SMILES string of the molecule is O=S(=O)(NC1CCCCCC1)c1ccc(Cl)nc1. The largest absolute Gasteiger partial charge is 0.243 e. The van der Waals surface area contributed by atoms with E-state index in [9.17, 15) is 8.42 Å². The van der Waals surface area contributed by atoms with Gasteiger partial charge in [-0.15, -0.1) is 0 Å². The molecular formula is C12H17ClN2O2S. The van der Waals surface area contributed by atoms with Crippen LogP contribution in [0.3, 0.4) is 0 Å². The molecule has 1 aliphatic rings. The second-order valence-electron chi connectivity index (χ2n) is 4.63. The van der Waals surface area contributed by atoms with Crippen molar-refractivity contribution in [1.29, 1.82) is 0 Å². The first-order chi connectivity index (χ1) is 8.58. The summed E-state index contributed by atoms with van der Waals surface area (Å²) in [6, 6.07) is 3.02. The highest BCUT2D eigenvalue weighted by Crippen LogP contribution is 2.19. The highest BCUT2D eigenvalue weighted by Gasteiger charge is 2.21. The molecule has 0 amide bonds.